The zero-order valence-electron chi connectivity index (χ0n) is 15.8. The first kappa shape index (κ1) is 17.0. The van der Waals surface area contributed by atoms with E-state index < -0.39 is 0 Å². The number of hydrogen-bond acceptors (Lipinski definition) is 6. The van der Waals surface area contributed by atoms with Gasteiger partial charge < -0.3 is 19.6 Å². The smallest absolute Gasteiger partial charge is 0.258 e. The van der Waals surface area contributed by atoms with Gasteiger partial charge in [-0.05, 0) is 33.1 Å². The number of amides is 1. The summed E-state index contributed by atoms with van der Waals surface area (Å²) in [5.41, 5.74) is 2.47. The van der Waals surface area contributed by atoms with Gasteiger partial charge in [-0.15, -0.1) is 0 Å². The van der Waals surface area contributed by atoms with E-state index in [4.69, 9.17) is 4.42 Å². The molecule has 4 heterocycles. The summed E-state index contributed by atoms with van der Waals surface area (Å²) in [4.78, 5) is 38.9. The minimum Gasteiger partial charge on any atom is -0.442 e. The number of H-pyrrole nitrogens is 1. The second-order valence-electron chi connectivity index (χ2n) is 7.90. The Labute approximate surface area is 161 Å². The molecule has 1 saturated carbocycles. The maximum absolute atomic E-state index is 13.4. The van der Waals surface area contributed by atoms with Gasteiger partial charge in [0.05, 0.1) is 17.5 Å². The van der Waals surface area contributed by atoms with E-state index >= 15 is 0 Å². The van der Waals surface area contributed by atoms with Crippen LogP contribution >= 0.6 is 0 Å². The lowest BCUT2D eigenvalue weighted by atomic mass is 10.0. The van der Waals surface area contributed by atoms with E-state index in [0.29, 0.717) is 47.8 Å². The molecule has 8 nitrogen and oxygen atoms in total. The zero-order valence-corrected chi connectivity index (χ0v) is 15.8. The second-order valence-corrected chi connectivity index (χ2v) is 7.90. The van der Waals surface area contributed by atoms with Crippen molar-refractivity contribution in [2.24, 2.45) is 0 Å². The number of carbonyl (C=O) groups is 1. The van der Waals surface area contributed by atoms with E-state index in [-0.39, 0.29) is 16.9 Å². The van der Waals surface area contributed by atoms with E-state index in [2.05, 4.69) is 27.2 Å². The Hall–Kier alpha value is -3.16. The minimum absolute atomic E-state index is 0.0102. The highest BCUT2D eigenvalue weighted by molar-refractivity contribution is 6.10. The molecule has 2 N–H and O–H groups in total. The third kappa shape index (κ3) is 2.67. The molecule has 0 unspecified atom stereocenters. The summed E-state index contributed by atoms with van der Waals surface area (Å²) in [5.74, 6) is 1.03. The first-order valence-corrected chi connectivity index (χ1v) is 9.46. The quantitative estimate of drug-likeness (QED) is 0.724. The van der Waals surface area contributed by atoms with Crippen molar-refractivity contribution in [3.05, 3.63) is 51.4 Å². The molecule has 28 heavy (non-hydrogen) atoms. The van der Waals surface area contributed by atoms with Gasteiger partial charge in [-0.3, -0.25) is 9.59 Å². The maximum atomic E-state index is 13.4. The number of aromatic nitrogens is 3. The highest BCUT2D eigenvalue weighted by atomic mass is 16.3. The first-order chi connectivity index (χ1) is 13.5. The number of furan rings is 1. The SMILES string of the molecule is Cc1oc2ncnc(NC3(C)CC3)c2c1C(=O)N1CCc2c([nH]ccc2=O)C1. The Balaban J connectivity index is 1.55. The van der Waals surface area contributed by atoms with Gasteiger partial charge in [0.15, 0.2) is 5.43 Å². The summed E-state index contributed by atoms with van der Waals surface area (Å²) in [6.45, 7) is 4.76. The average Bonchev–Trinajstić information content (AvgIpc) is 3.29. The summed E-state index contributed by atoms with van der Waals surface area (Å²) in [7, 11) is 0. The highest BCUT2D eigenvalue weighted by Gasteiger charge is 2.39. The van der Waals surface area contributed by atoms with Crippen molar-refractivity contribution in [3.63, 3.8) is 0 Å². The number of anilines is 1. The fourth-order valence-corrected chi connectivity index (χ4v) is 3.81. The van der Waals surface area contributed by atoms with Crippen molar-refractivity contribution in [2.45, 2.75) is 45.2 Å². The van der Waals surface area contributed by atoms with E-state index in [1.54, 1.807) is 18.0 Å². The maximum Gasteiger partial charge on any atom is 0.258 e. The van der Waals surface area contributed by atoms with Gasteiger partial charge >= 0.3 is 0 Å². The second kappa shape index (κ2) is 5.92. The molecule has 0 saturated heterocycles. The number of rotatable bonds is 3. The fourth-order valence-electron chi connectivity index (χ4n) is 3.81. The van der Waals surface area contributed by atoms with Crippen LogP contribution < -0.4 is 10.7 Å². The molecule has 0 atom stereocenters. The predicted molar refractivity (Wildman–Crippen MR) is 103 cm³/mol. The largest absolute Gasteiger partial charge is 0.442 e. The zero-order chi connectivity index (χ0) is 19.5. The lowest BCUT2D eigenvalue weighted by molar-refractivity contribution is 0.0731. The molecule has 5 rings (SSSR count). The lowest BCUT2D eigenvalue weighted by Gasteiger charge is -2.28. The molecule has 0 spiro atoms. The van der Waals surface area contributed by atoms with Crippen molar-refractivity contribution in [1.29, 1.82) is 0 Å². The lowest BCUT2D eigenvalue weighted by Crippen LogP contribution is -2.38. The van der Waals surface area contributed by atoms with Crippen LogP contribution in [-0.4, -0.2) is 37.8 Å². The van der Waals surface area contributed by atoms with Crippen LogP contribution in [0, 0.1) is 6.92 Å². The monoisotopic (exact) mass is 379 g/mol. The molecule has 1 aliphatic heterocycles. The van der Waals surface area contributed by atoms with Gasteiger partial charge in [-0.2, -0.15) is 0 Å². The minimum atomic E-state index is -0.134. The van der Waals surface area contributed by atoms with Gasteiger partial charge in [-0.25, -0.2) is 9.97 Å². The van der Waals surface area contributed by atoms with Crippen molar-refractivity contribution >= 4 is 22.8 Å². The third-order valence-corrected chi connectivity index (χ3v) is 5.72. The van der Waals surface area contributed by atoms with Crippen LogP contribution in [0.4, 0.5) is 5.82 Å². The Morgan fingerprint density at radius 3 is 2.96 bits per heavy atom. The number of pyridine rings is 1. The molecular formula is C20H21N5O3. The summed E-state index contributed by atoms with van der Waals surface area (Å²) in [6, 6.07) is 1.53. The topological polar surface area (TPSA) is 104 Å². The average molecular weight is 379 g/mol. The van der Waals surface area contributed by atoms with Gasteiger partial charge in [0.1, 0.15) is 17.9 Å². The van der Waals surface area contributed by atoms with Gasteiger partial charge in [0.25, 0.3) is 5.91 Å². The molecule has 0 bridgehead atoms. The van der Waals surface area contributed by atoms with Crippen molar-refractivity contribution in [2.75, 3.05) is 11.9 Å². The number of aryl methyl sites for hydroxylation is 1. The molecular weight excluding hydrogens is 358 g/mol. The van der Waals surface area contributed by atoms with E-state index in [9.17, 15) is 9.59 Å². The van der Waals surface area contributed by atoms with E-state index in [1.807, 2.05) is 0 Å². The number of carbonyl (C=O) groups excluding carboxylic acids is 1. The summed E-state index contributed by atoms with van der Waals surface area (Å²) >= 11 is 0. The number of nitrogens with zero attached hydrogens (tertiary/aromatic N) is 3. The summed E-state index contributed by atoms with van der Waals surface area (Å²) < 4.78 is 5.78. The van der Waals surface area contributed by atoms with E-state index in [1.165, 1.54) is 12.4 Å². The Kier molecular flexibility index (Phi) is 3.59. The first-order valence-electron chi connectivity index (χ1n) is 9.46. The van der Waals surface area contributed by atoms with Crippen LogP contribution in [-0.2, 0) is 13.0 Å². The van der Waals surface area contributed by atoms with Gasteiger partial charge in [0.2, 0.25) is 5.71 Å². The number of nitrogens with one attached hydrogen (secondary N) is 2. The predicted octanol–water partition coefficient (Wildman–Crippen LogP) is 2.38. The Morgan fingerprint density at radius 1 is 1.36 bits per heavy atom. The van der Waals surface area contributed by atoms with Gasteiger partial charge in [0, 0.05) is 35.6 Å². The van der Waals surface area contributed by atoms with Crippen LogP contribution in [0.5, 0.6) is 0 Å². The molecule has 2 aliphatic rings. The molecule has 1 aliphatic carbocycles. The Morgan fingerprint density at radius 2 is 2.18 bits per heavy atom. The molecule has 1 amide bonds. The van der Waals surface area contributed by atoms with Crippen molar-refractivity contribution < 1.29 is 9.21 Å². The van der Waals surface area contributed by atoms with Gasteiger partial charge in [-0.1, -0.05) is 0 Å². The fraction of sp³-hybridized carbons (Fsp3) is 0.400. The number of hydrogen-bond donors (Lipinski definition) is 2. The van der Waals surface area contributed by atoms with Crippen LogP contribution in [0.15, 0.2) is 27.8 Å². The van der Waals surface area contributed by atoms with Crippen LogP contribution in [0.25, 0.3) is 11.1 Å². The van der Waals surface area contributed by atoms with Crippen LogP contribution in [0.1, 0.15) is 47.1 Å². The van der Waals surface area contributed by atoms with Crippen molar-refractivity contribution in [1.82, 2.24) is 19.9 Å². The van der Waals surface area contributed by atoms with Crippen LogP contribution in [0.2, 0.25) is 0 Å². The Bertz CT molecular complexity index is 1160. The normalized spacial score (nSPS) is 17.4. The molecule has 3 aromatic heterocycles. The van der Waals surface area contributed by atoms with E-state index in [0.717, 1.165) is 24.1 Å². The molecule has 3 aromatic rings. The molecule has 0 radical (unpaired) electrons. The molecule has 0 aromatic carbocycles. The molecule has 8 heteroatoms. The van der Waals surface area contributed by atoms with Crippen LogP contribution in [0.3, 0.4) is 0 Å². The van der Waals surface area contributed by atoms with Crippen molar-refractivity contribution in [3.8, 4) is 0 Å². The highest BCUT2D eigenvalue weighted by Crippen LogP contribution is 2.40. The number of fused-ring (bicyclic) bond motifs is 2. The standard InChI is InChI=1S/C20H21N5O3/c1-11-15(16-17(24-20(2)5-6-20)22-10-23-18(16)28-11)19(27)25-8-4-12-13(9-25)21-7-3-14(12)26/h3,7,10H,4-6,8-9H2,1-2H3,(H,21,26)(H,22,23,24). The summed E-state index contributed by atoms with van der Waals surface area (Å²) in [6.07, 6.45) is 5.74. The molecule has 144 valence electrons. The molecule has 1 fully saturated rings. The summed E-state index contributed by atoms with van der Waals surface area (Å²) in [5, 5.41) is 4.07. The number of aromatic amines is 1. The third-order valence-electron chi connectivity index (χ3n) is 5.72.